The third-order valence-electron chi connectivity index (χ3n) is 3.12. The Morgan fingerprint density at radius 1 is 1.35 bits per heavy atom. The molecule has 0 bridgehead atoms. The summed E-state index contributed by atoms with van der Waals surface area (Å²) in [5.41, 5.74) is -0.801. The molecule has 1 unspecified atom stereocenters. The molecule has 0 aliphatic carbocycles. The van der Waals surface area contributed by atoms with Crippen molar-refractivity contribution >= 4 is 11.7 Å². The highest BCUT2D eigenvalue weighted by Crippen LogP contribution is 2.28. The van der Waals surface area contributed by atoms with Gasteiger partial charge in [-0.1, -0.05) is 0 Å². The fourth-order valence-electron chi connectivity index (χ4n) is 1.82. The van der Waals surface area contributed by atoms with Crippen molar-refractivity contribution in [2.24, 2.45) is 0 Å². The van der Waals surface area contributed by atoms with E-state index in [1.807, 2.05) is 0 Å². The van der Waals surface area contributed by atoms with Crippen LogP contribution in [0.25, 0.3) is 0 Å². The number of nitrogens with one attached hydrogen (secondary N) is 2. The summed E-state index contributed by atoms with van der Waals surface area (Å²) in [5.74, 6) is 0.114. The molecular formula is C14H16F3N5O. The number of hydrogen-bond donors (Lipinski definition) is 2. The summed E-state index contributed by atoms with van der Waals surface area (Å²) in [7, 11) is 0. The van der Waals surface area contributed by atoms with E-state index in [4.69, 9.17) is 0 Å². The molecule has 0 saturated heterocycles. The average molecular weight is 327 g/mol. The molecule has 124 valence electrons. The smallest absolute Gasteiger partial charge is 0.368 e. The van der Waals surface area contributed by atoms with Crippen molar-refractivity contribution in [1.29, 1.82) is 0 Å². The number of nitrogens with zero attached hydrogens (tertiary/aromatic N) is 3. The Labute approximate surface area is 130 Å². The first-order chi connectivity index (χ1) is 10.9. The van der Waals surface area contributed by atoms with Gasteiger partial charge in [-0.3, -0.25) is 9.48 Å². The van der Waals surface area contributed by atoms with Gasteiger partial charge in [0.25, 0.3) is 0 Å². The van der Waals surface area contributed by atoms with Gasteiger partial charge in [0.15, 0.2) is 0 Å². The largest absolute Gasteiger partial charge is 0.417 e. The second kappa shape index (κ2) is 7.12. The maximum atomic E-state index is 12.4. The minimum atomic E-state index is -4.40. The molecule has 2 aromatic rings. The first-order valence-electron chi connectivity index (χ1n) is 6.92. The van der Waals surface area contributed by atoms with Gasteiger partial charge >= 0.3 is 6.18 Å². The molecule has 2 aromatic heterocycles. The number of hydrogen-bond acceptors (Lipinski definition) is 4. The maximum Gasteiger partial charge on any atom is 0.417 e. The van der Waals surface area contributed by atoms with E-state index in [2.05, 4.69) is 20.7 Å². The van der Waals surface area contributed by atoms with Gasteiger partial charge < -0.3 is 10.6 Å². The number of carbonyl (C=O) groups excluding carboxylic acids is 1. The van der Waals surface area contributed by atoms with E-state index in [9.17, 15) is 18.0 Å². The number of alkyl halides is 3. The van der Waals surface area contributed by atoms with Crippen LogP contribution in [0, 0.1) is 0 Å². The van der Waals surface area contributed by atoms with Crippen molar-refractivity contribution in [3.8, 4) is 0 Å². The fourth-order valence-corrected chi connectivity index (χ4v) is 1.82. The Kier molecular flexibility index (Phi) is 5.20. The predicted molar refractivity (Wildman–Crippen MR) is 77.7 cm³/mol. The summed E-state index contributed by atoms with van der Waals surface area (Å²) in [6.07, 6.45) is -0.362. The second-order valence-electron chi connectivity index (χ2n) is 4.81. The van der Waals surface area contributed by atoms with Crippen LogP contribution in [-0.2, 0) is 11.0 Å². The minimum Gasteiger partial charge on any atom is -0.368 e. The number of rotatable bonds is 6. The van der Waals surface area contributed by atoms with Gasteiger partial charge in [-0.15, -0.1) is 0 Å². The predicted octanol–water partition coefficient (Wildman–Crippen LogP) is 2.09. The summed E-state index contributed by atoms with van der Waals surface area (Å²) in [6.45, 7) is 2.37. The van der Waals surface area contributed by atoms with Crippen LogP contribution in [0.5, 0.6) is 0 Å². The molecule has 0 fully saturated rings. The Balaban J connectivity index is 1.74. The van der Waals surface area contributed by atoms with Crippen LogP contribution in [0.1, 0.15) is 18.5 Å². The average Bonchev–Trinajstić information content (AvgIpc) is 3.04. The van der Waals surface area contributed by atoms with Crippen LogP contribution in [0.4, 0.5) is 19.0 Å². The molecule has 1 amide bonds. The third kappa shape index (κ3) is 4.70. The number of aromatic nitrogens is 3. The van der Waals surface area contributed by atoms with Crippen LogP contribution in [0.15, 0.2) is 36.8 Å². The number of halogens is 3. The van der Waals surface area contributed by atoms with Crippen LogP contribution in [0.3, 0.4) is 0 Å². The van der Waals surface area contributed by atoms with Crippen LogP contribution < -0.4 is 10.6 Å². The molecule has 6 nitrogen and oxygen atoms in total. The number of anilines is 1. The van der Waals surface area contributed by atoms with Gasteiger partial charge in [0.1, 0.15) is 11.9 Å². The van der Waals surface area contributed by atoms with Crippen LogP contribution >= 0.6 is 0 Å². The summed E-state index contributed by atoms with van der Waals surface area (Å²) < 4.78 is 38.7. The molecule has 0 saturated carbocycles. The van der Waals surface area contributed by atoms with Crippen LogP contribution in [-0.4, -0.2) is 33.8 Å². The molecule has 1 atom stereocenters. The summed E-state index contributed by atoms with van der Waals surface area (Å²) in [5, 5.41) is 9.52. The van der Waals surface area contributed by atoms with E-state index in [0.717, 1.165) is 12.3 Å². The fraction of sp³-hybridized carbons (Fsp3) is 0.357. The Hall–Kier alpha value is -2.58. The zero-order valence-electron chi connectivity index (χ0n) is 12.3. The number of pyridine rings is 1. The van der Waals surface area contributed by atoms with Gasteiger partial charge in [-0.2, -0.15) is 18.3 Å². The second-order valence-corrected chi connectivity index (χ2v) is 4.81. The van der Waals surface area contributed by atoms with Gasteiger partial charge in [0.05, 0.1) is 5.56 Å². The van der Waals surface area contributed by atoms with Gasteiger partial charge in [0.2, 0.25) is 5.91 Å². The molecule has 2 N–H and O–H groups in total. The Bertz CT molecular complexity index is 625. The highest BCUT2D eigenvalue weighted by molar-refractivity contribution is 5.79. The molecule has 9 heteroatoms. The van der Waals surface area contributed by atoms with E-state index in [0.29, 0.717) is 18.9 Å². The zero-order chi connectivity index (χ0) is 16.9. The number of carbonyl (C=O) groups is 1. The molecule has 2 rings (SSSR count). The van der Waals surface area contributed by atoms with E-state index in [1.165, 1.54) is 10.7 Å². The lowest BCUT2D eigenvalue weighted by Gasteiger charge is -2.13. The first kappa shape index (κ1) is 16.8. The normalized spacial score (nSPS) is 12.7. The lowest BCUT2D eigenvalue weighted by Crippen LogP contribution is -2.34. The Morgan fingerprint density at radius 2 is 2.13 bits per heavy atom. The third-order valence-corrected chi connectivity index (χ3v) is 3.12. The molecule has 2 heterocycles. The zero-order valence-corrected chi connectivity index (χ0v) is 12.3. The molecule has 0 aromatic carbocycles. The molecule has 0 radical (unpaired) electrons. The van der Waals surface area contributed by atoms with Crippen molar-refractivity contribution in [2.45, 2.75) is 19.1 Å². The quantitative estimate of drug-likeness (QED) is 0.797. The SMILES string of the molecule is CC(C(=O)NCCNc1ccc(C(F)(F)F)cn1)n1cccn1. The van der Waals surface area contributed by atoms with Crippen molar-refractivity contribution in [3.05, 3.63) is 42.4 Å². The first-order valence-corrected chi connectivity index (χ1v) is 6.92. The van der Waals surface area contributed by atoms with E-state index in [-0.39, 0.29) is 5.91 Å². The van der Waals surface area contributed by atoms with Gasteiger partial charge in [-0.05, 0) is 25.1 Å². The summed E-state index contributed by atoms with van der Waals surface area (Å²) in [6, 6.07) is 3.49. The highest BCUT2D eigenvalue weighted by Gasteiger charge is 2.30. The molecule has 0 aliphatic heterocycles. The molecular weight excluding hydrogens is 311 g/mol. The summed E-state index contributed by atoms with van der Waals surface area (Å²) in [4.78, 5) is 15.5. The lowest BCUT2D eigenvalue weighted by molar-refractivity contribution is -0.137. The van der Waals surface area contributed by atoms with Gasteiger partial charge in [-0.25, -0.2) is 4.98 Å². The van der Waals surface area contributed by atoms with Crippen molar-refractivity contribution in [3.63, 3.8) is 0 Å². The Morgan fingerprint density at radius 3 is 2.70 bits per heavy atom. The van der Waals surface area contributed by atoms with Crippen LogP contribution in [0.2, 0.25) is 0 Å². The lowest BCUT2D eigenvalue weighted by atomic mass is 10.3. The van der Waals surface area contributed by atoms with Crippen molar-refractivity contribution in [1.82, 2.24) is 20.1 Å². The number of amides is 1. The molecule has 23 heavy (non-hydrogen) atoms. The topological polar surface area (TPSA) is 71.8 Å². The van der Waals surface area contributed by atoms with Crippen molar-refractivity contribution in [2.75, 3.05) is 18.4 Å². The molecule has 0 spiro atoms. The van der Waals surface area contributed by atoms with E-state index < -0.39 is 17.8 Å². The standard InChI is InChI=1S/C14H16F3N5O/c1-10(22-8-2-5-21-22)13(23)19-7-6-18-12-4-3-11(9-20-12)14(15,16)17/h2-5,8-10H,6-7H2,1H3,(H,18,20)(H,19,23). The summed E-state index contributed by atoms with van der Waals surface area (Å²) >= 11 is 0. The van der Waals surface area contributed by atoms with E-state index >= 15 is 0 Å². The van der Waals surface area contributed by atoms with Crippen molar-refractivity contribution < 1.29 is 18.0 Å². The monoisotopic (exact) mass is 327 g/mol. The van der Waals surface area contributed by atoms with Gasteiger partial charge in [0, 0.05) is 31.7 Å². The maximum absolute atomic E-state index is 12.4. The van der Waals surface area contributed by atoms with E-state index in [1.54, 1.807) is 25.4 Å². The minimum absolute atomic E-state index is 0.198. The molecule has 0 aliphatic rings. The highest BCUT2D eigenvalue weighted by atomic mass is 19.4.